The summed E-state index contributed by atoms with van der Waals surface area (Å²) in [5, 5.41) is 3.37. The van der Waals surface area contributed by atoms with Gasteiger partial charge in [-0.15, -0.1) is 0 Å². The third-order valence-corrected chi connectivity index (χ3v) is 4.69. The second-order valence-electron chi connectivity index (χ2n) is 6.46. The van der Waals surface area contributed by atoms with Crippen molar-refractivity contribution >= 4 is 16.9 Å². The fourth-order valence-electron chi connectivity index (χ4n) is 3.27. The van der Waals surface area contributed by atoms with Crippen molar-refractivity contribution in [1.82, 2.24) is 5.32 Å². The molecule has 26 heavy (non-hydrogen) atoms. The minimum absolute atomic E-state index is 0.293. The first-order chi connectivity index (χ1) is 12.4. The highest BCUT2D eigenvalue weighted by molar-refractivity contribution is 6.12. The smallest absolute Gasteiger partial charge is 0.416 e. The van der Waals surface area contributed by atoms with E-state index in [2.05, 4.69) is 5.32 Å². The fraction of sp³-hybridized carbons (Fsp3) is 0.250. The Kier molecular flexibility index (Phi) is 3.79. The summed E-state index contributed by atoms with van der Waals surface area (Å²) in [5.74, 6) is 0.382. The molecule has 0 spiro atoms. The molecule has 0 unspecified atom stereocenters. The van der Waals surface area contributed by atoms with Gasteiger partial charge in [0.05, 0.1) is 11.1 Å². The van der Waals surface area contributed by atoms with E-state index in [0.29, 0.717) is 28.4 Å². The van der Waals surface area contributed by atoms with Crippen LogP contribution in [0.15, 0.2) is 46.9 Å². The van der Waals surface area contributed by atoms with Gasteiger partial charge in [-0.25, -0.2) is 0 Å². The average Bonchev–Trinajstić information content (AvgIpc) is 3.39. The van der Waals surface area contributed by atoms with Crippen molar-refractivity contribution in [3.05, 3.63) is 59.2 Å². The van der Waals surface area contributed by atoms with Gasteiger partial charge in [-0.1, -0.05) is 24.3 Å². The molecule has 1 amide bonds. The van der Waals surface area contributed by atoms with Crippen LogP contribution < -0.4 is 5.32 Å². The van der Waals surface area contributed by atoms with E-state index in [9.17, 15) is 18.0 Å². The maximum absolute atomic E-state index is 12.8. The highest BCUT2D eigenvalue weighted by atomic mass is 19.4. The summed E-state index contributed by atoms with van der Waals surface area (Å²) >= 11 is 0. The minimum atomic E-state index is -4.41. The molecule has 1 N–H and O–H groups in total. The summed E-state index contributed by atoms with van der Waals surface area (Å²) in [4.78, 5) is 12.6. The number of hydrogen-bond acceptors (Lipinski definition) is 2. The molecular weight excluding hydrogens is 343 g/mol. The molecule has 1 saturated carbocycles. The van der Waals surface area contributed by atoms with E-state index < -0.39 is 11.7 Å². The number of rotatable bonds is 3. The van der Waals surface area contributed by atoms with Gasteiger partial charge in [-0.05, 0) is 42.5 Å². The highest BCUT2D eigenvalue weighted by Gasteiger charge is 2.32. The van der Waals surface area contributed by atoms with Gasteiger partial charge in [0.15, 0.2) is 0 Å². The predicted molar refractivity (Wildman–Crippen MR) is 92.0 cm³/mol. The molecule has 0 saturated heterocycles. The van der Waals surface area contributed by atoms with Crippen LogP contribution in [0, 0.1) is 0 Å². The standard InChI is InChI=1S/C20H16F3NO2/c1-24-19(25)17-16-14(11-5-6-11)3-2-4-15(16)26-18(17)12-7-9-13(10-8-12)20(21,22)23/h2-4,7-11H,5-6H2,1H3,(H,24,25). The number of halogens is 3. The summed E-state index contributed by atoms with van der Waals surface area (Å²) in [6.45, 7) is 0. The van der Waals surface area contributed by atoms with E-state index in [1.165, 1.54) is 19.2 Å². The molecule has 0 aliphatic heterocycles. The Hall–Kier alpha value is -2.76. The second kappa shape index (κ2) is 5.90. The quantitative estimate of drug-likeness (QED) is 0.684. The van der Waals surface area contributed by atoms with Gasteiger partial charge in [0.1, 0.15) is 11.3 Å². The summed E-state index contributed by atoms with van der Waals surface area (Å²) in [5.41, 5.74) is 1.71. The number of nitrogens with one attached hydrogen (secondary N) is 1. The summed E-state index contributed by atoms with van der Waals surface area (Å²) in [7, 11) is 1.53. The van der Waals surface area contributed by atoms with E-state index in [1.807, 2.05) is 12.1 Å². The topological polar surface area (TPSA) is 42.2 Å². The van der Waals surface area contributed by atoms with Crippen LogP contribution in [0.3, 0.4) is 0 Å². The summed E-state index contributed by atoms with van der Waals surface area (Å²) in [6.07, 6.45) is -2.28. The van der Waals surface area contributed by atoms with Crippen molar-refractivity contribution < 1.29 is 22.4 Å². The fourth-order valence-corrected chi connectivity index (χ4v) is 3.27. The lowest BCUT2D eigenvalue weighted by atomic mass is 9.98. The third kappa shape index (κ3) is 2.75. The highest BCUT2D eigenvalue weighted by Crippen LogP contribution is 2.46. The molecule has 0 radical (unpaired) electrons. The third-order valence-electron chi connectivity index (χ3n) is 4.69. The Balaban J connectivity index is 1.92. The zero-order valence-electron chi connectivity index (χ0n) is 14.0. The lowest BCUT2D eigenvalue weighted by Gasteiger charge is -2.08. The van der Waals surface area contributed by atoms with Gasteiger partial charge < -0.3 is 9.73 Å². The molecule has 2 aromatic carbocycles. The lowest BCUT2D eigenvalue weighted by molar-refractivity contribution is -0.137. The van der Waals surface area contributed by atoms with Crippen LogP contribution >= 0.6 is 0 Å². The van der Waals surface area contributed by atoms with Crippen LogP contribution in [-0.4, -0.2) is 13.0 Å². The van der Waals surface area contributed by atoms with Gasteiger partial charge >= 0.3 is 6.18 Å². The number of carbonyl (C=O) groups excluding carboxylic acids is 1. The predicted octanol–water partition coefficient (Wildman–Crippen LogP) is 5.36. The number of fused-ring (bicyclic) bond motifs is 1. The normalized spacial score (nSPS) is 14.6. The Morgan fingerprint density at radius 2 is 1.81 bits per heavy atom. The van der Waals surface area contributed by atoms with E-state index in [1.54, 1.807) is 6.07 Å². The Labute approximate surface area is 147 Å². The van der Waals surface area contributed by atoms with Gasteiger partial charge in [0.2, 0.25) is 0 Å². The van der Waals surface area contributed by atoms with Gasteiger partial charge in [0, 0.05) is 18.0 Å². The first-order valence-corrected chi connectivity index (χ1v) is 8.35. The molecule has 1 heterocycles. The molecule has 134 valence electrons. The Morgan fingerprint density at radius 1 is 1.12 bits per heavy atom. The number of hydrogen-bond donors (Lipinski definition) is 1. The van der Waals surface area contributed by atoms with E-state index >= 15 is 0 Å². The average molecular weight is 359 g/mol. The first-order valence-electron chi connectivity index (χ1n) is 8.35. The first kappa shape index (κ1) is 16.7. The largest absolute Gasteiger partial charge is 0.455 e. The van der Waals surface area contributed by atoms with Crippen LogP contribution in [0.5, 0.6) is 0 Å². The van der Waals surface area contributed by atoms with Crippen LogP contribution in [0.2, 0.25) is 0 Å². The number of furan rings is 1. The van der Waals surface area contributed by atoms with Crippen LogP contribution in [-0.2, 0) is 6.18 Å². The number of benzene rings is 2. The maximum atomic E-state index is 12.8. The molecule has 1 aromatic heterocycles. The Morgan fingerprint density at radius 3 is 2.38 bits per heavy atom. The number of alkyl halides is 3. The lowest BCUT2D eigenvalue weighted by Crippen LogP contribution is -2.18. The molecule has 3 nitrogen and oxygen atoms in total. The number of amides is 1. The van der Waals surface area contributed by atoms with Crippen molar-refractivity contribution in [2.45, 2.75) is 24.9 Å². The summed E-state index contributed by atoms with van der Waals surface area (Å²) < 4.78 is 44.3. The molecule has 6 heteroatoms. The van der Waals surface area contributed by atoms with E-state index in [0.717, 1.165) is 35.9 Å². The Bertz CT molecular complexity index is 983. The molecule has 3 aromatic rings. The van der Waals surface area contributed by atoms with Crippen molar-refractivity contribution in [1.29, 1.82) is 0 Å². The van der Waals surface area contributed by atoms with E-state index in [4.69, 9.17) is 4.42 Å². The molecule has 1 aliphatic rings. The van der Waals surface area contributed by atoms with Gasteiger partial charge in [0.25, 0.3) is 5.91 Å². The molecule has 4 rings (SSSR count). The molecular formula is C20H16F3NO2. The van der Waals surface area contributed by atoms with Crippen molar-refractivity contribution in [3.63, 3.8) is 0 Å². The second-order valence-corrected chi connectivity index (χ2v) is 6.46. The zero-order chi connectivity index (χ0) is 18.5. The molecule has 0 atom stereocenters. The summed E-state index contributed by atoms with van der Waals surface area (Å²) in [6, 6.07) is 10.3. The minimum Gasteiger partial charge on any atom is -0.455 e. The van der Waals surface area contributed by atoms with Gasteiger partial charge in [-0.2, -0.15) is 13.2 Å². The monoisotopic (exact) mass is 359 g/mol. The van der Waals surface area contributed by atoms with Crippen LogP contribution in [0.25, 0.3) is 22.3 Å². The van der Waals surface area contributed by atoms with E-state index in [-0.39, 0.29) is 5.91 Å². The maximum Gasteiger partial charge on any atom is 0.416 e. The van der Waals surface area contributed by atoms with Crippen LogP contribution in [0.1, 0.15) is 40.2 Å². The van der Waals surface area contributed by atoms with Crippen LogP contribution in [0.4, 0.5) is 13.2 Å². The van der Waals surface area contributed by atoms with Crippen molar-refractivity contribution in [2.24, 2.45) is 0 Å². The number of carbonyl (C=O) groups is 1. The zero-order valence-corrected chi connectivity index (χ0v) is 14.0. The molecule has 1 aliphatic carbocycles. The van der Waals surface area contributed by atoms with Crippen molar-refractivity contribution in [3.8, 4) is 11.3 Å². The molecule has 0 bridgehead atoms. The van der Waals surface area contributed by atoms with Gasteiger partial charge in [-0.3, -0.25) is 4.79 Å². The SMILES string of the molecule is CNC(=O)c1c(-c2ccc(C(F)(F)F)cc2)oc2cccc(C3CC3)c12. The van der Waals surface area contributed by atoms with Crippen molar-refractivity contribution in [2.75, 3.05) is 7.05 Å². The molecule has 1 fully saturated rings.